The van der Waals surface area contributed by atoms with Crippen molar-refractivity contribution in [1.82, 2.24) is 9.80 Å². The maximum absolute atomic E-state index is 13.9. The van der Waals surface area contributed by atoms with Crippen molar-refractivity contribution in [3.05, 3.63) is 29.6 Å². The Bertz CT molecular complexity index is 531. The molecule has 1 fully saturated rings. The maximum atomic E-state index is 13.9. The third-order valence-electron chi connectivity index (χ3n) is 4.12. The van der Waals surface area contributed by atoms with Gasteiger partial charge < -0.3 is 14.4 Å². The minimum absolute atomic E-state index is 0.0511. The average Bonchev–Trinajstić information content (AvgIpc) is 2.56. The third kappa shape index (κ3) is 4.20. The first-order valence-corrected chi connectivity index (χ1v) is 8.02. The summed E-state index contributed by atoms with van der Waals surface area (Å²) in [5, 5.41) is 0. The number of para-hydroxylation sites is 1. The van der Waals surface area contributed by atoms with Crippen LogP contribution in [0.15, 0.2) is 18.2 Å². The normalized spacial score (nSPS) is 17.1. The number of benzene rings is 1. The van der Waals surface area contributed by atoms with E-state index >= 15 is 0 Å². The van der Waals surface area contributed by atoms with Crippen LogP contribution in [-0.2, 0) is 4.74 Å². The van der Waals surface area contributed by atoms with Crippen molar-refractivity contribution in [2.45, 2.75) is 19.9 Å². The molecule has 1 aromatic rings. The Hall–Kier alpha value is -1.66. The number of piperazine rings is 1. The van der Waals surface area contributed by atoms with E-state index in [1.807, 2.05) is 0 Å². The maximum Gasteiger partial charge on any atom is 0.257 e. The van der Waals surface area contributed by atoms with E-state index in [9.17, 15) is 9.18 Å². The molecule has 1 aliphatic rings. The highest BCUT2D eigenvalue weighted by atomic mass is 19.1. The highest BCUT2D eigenvalue weighted by Gasteiger charge is 2.27. The zero-order chi connectivity index (χ0) is 16.8. The van der Waals surface area contributed by atoms with Gasteiger partial charge in [-0.15, -0.1) is 0 Å². The number of methoxy groups -OCH3 is 1. The molecule has 1 saturated heterocycles. The number of carbonyl (C=O) groups is 1. The summed E-state index contributed by atoms with van der Waals surface area (Å²) in [6.07, 6.45) is 0. The minimum atomic E-state index is -0.495. The zero-order valence-corrected chi connectivity index (χ0v) is 14.0. The first-order chi connectivity index (χ1) is 11.1. The van der Waals surface area contributed by atoms with E-state index in [0.29, 0.717) is 37.9 Å². The van der Waals surface area contributed by atoms with Crippen LogP contribution >= 0.6 is 0 Å². The van der Waals surface area contributed by atoms with Gasteiger partial charge in [-0.1, -0.05) is 6.07 Å². The van der Waals surface area contributed by atoms with Crippen LogP contribution in [0.4, 0.5) is 4.39 Å². The van der Waals surface area contributed by atoms with Gasteiger partial charge >= 0.3 is 0 Å². The van der Waals surface area contributed by atoms with Crippen LogP contribution in [0.2, 0.25) is 0 Å². The molecule has 5 nitrogen and oxygen atoms in total. The van der Waals surface area contributed by atoms with Crippen molar-refractivity contribution in [3.8, 4) is 5.75 Å². The lowest BCUT2D eigenvalue weighted by Crippen LogP contribution is -2.52. The number of halogens is 1. The standard InChI is InChI=1S/C17H25FN2O3/c1-4-23-16-14(6-5-7-15(16)18)17(21)20-10-8-19(9-11-20)13(2)12-22-3/h5-7,13H,4,8-12H2,1-3H3. The highest BCUT2D eigenvalue weighted by molar-refractivity contribution is 5.97. The Kier molecular flexibility index (Phi) is 6.36. The van der Waals surface area contributed by atoms with Crippen molar-refractivity contribution in [1.29, 1.82) is 0 Å². The fraction of sp³-hybridized carbons (Fsp3) is 0.588. The van der Waals surface area contributed by atoms with E-state index in [1.54, 1.807) is 31.1 Å². The van der Waals surface area contributed by atoms with Crippen LogP contribution in [0.25, 0.3) is 0 Å². The van der Waals surface area contributed by atoms with E-state index in [4.69, 9.17) is 9.47 Å². The fourth-order valence-corrected chi connectivity index (χ4v) is 2.85. The molecule has 0 aliphatic carbocycles. The van der Waals surface area contributed by atoms with Crippen molar-refractivity contribution < 1.29 is 18.7 Å². The van der Waals surface area contributed by atoms with Crippen molar-refractivity contribution in [3.63, 3.8) is 0 Å². The number of amides is 1. The molecule has 6 heteroatoms. The second-order valence-corrected chi connectivity index (χ2v) is 5.68. The lowest BCUT2D eigenvalue weighted by molar-refractivity contribution is 0.0446. The van der Waals surface area contributed by atoms with Gasteiger partial charge in [0.25, 0.3) is 5.91 Å². The number of rotatable bonds is 6. The molecule has 23 heavy (non-hydrogen) atoms. The van der Waals surface area contributed by atoms with Crippen LogP contribution in [-0.4, -0.2) is 68.3 Å². The quantitative estimate of drug-likeness (QED) is 0.803. The predicted octanol–water partition coefficient (Wildman–Crippen LogP) is 2.02. The van der Waals surface area contributed by atoms with Crippen LogP contribution < -0.4 is 4.74 Å². The van der Waals surface area contributed by atoms with Gasteiger partial charge in [-0.25, -0.2) is 4.39 Å². The van der Waals surface area contributed by atoms with Gasteiger partial charge in [0.15, 0.2) is 11.6 Å². The molecule has 1 aromatic carbocycles. The van der Waals surface area contributed by atoms with Crippen LogP contribution in [0, 0.1) is 5.82 Å². The molecular formula is C17H25FN2O3. The largest absolute Gasteiger partial charge is 0.490 e. The molecule has 1 atom stereocenters. The molecule has 1 heterocycles. The smallest absolute Gasteiger partial charge is 0.257 e. The fourth-order valence-electron chi connectivity index (χ4n) is 2.85. The Balaban J connectivity index is 2.04. The van der Waals surface area contributed by atoms with Crippen molar-refractivity contribution >= 4 is 5.91 Å². The average molecular weight is 324 g/mol. The number of nitrogens with zero attached hydrogens (tertiary/aromatic N) is 2. The summed E-state index contributed by atoms with van der Waals surface area (Å²) in [4.78, 5) is 16.7. The molecule has 1 amide bonds. The molecule has 0 spiro atoms. The van der Waals surface area contributed by atoms with Crippen LogP contribution in [0.5, 0.6) is 5.75 Å². The summed E-state index contributed by atoms with van der Waals surface area (Å²) >= 11 is 0. The SMILES string of the molecule is CCOc1c(F)cccc1C(=O)N1CCN(C(C)COC)CC1. The first kappa shape index (κ1) is 17.7. The van der Waals surface area contributed by atoms with Crippen LogP contribution in [0.3, 0.4) is 0 Å². The van der Waals surface area contributed by atoms with Crippen LogP contribution in [0.1, 0.15) is 24.2 Å². The lowest BCUT2D eigenvalue weighted by Gasteiger charge is -2.38. The molecular weight excluding hydrogens is 299 g/mol. The van der Waals surface area contributed by atoms with Gasteiger partial charge in [-0.2, -0.15) is 0 Å². The molecule has 0 saturated carbocycles. The van der Waals surface area contributed by atoms with Crippen molar-refractivity contribution in [2.24, 2.45) is 0 Å². The molecule has 128 valence electrons. The van der Waals surface area contributed by atoms with E-state index in [-0.39, 0.29) is 11.7 Å². The summed E-state index contributed by atoms with van der Waals surface area (Å²) < 4.78 is 24.4. The lowest BCUT2D eigenvalue weighted by atomic mass is 10.1. The summed E-state index contributed by atoms with van der Waals surface area (Å²) in [5.74, 6) is -0.618. The Morgan fingerprint density at radius 3 is 2.61 bits per heavy atom. The molecule has 2 rings (SSSR count). The minimum Gasteiger partial charge on any atom is -0.490 e. The second-order valence-electron chi connectivity index (χ2n) is 5.68. The van der Waals surface area contributed by atoms with Gasteiger partial charge in [0.05, 0.1) is 18.8 Å². The Morgan fingerprint density at radius 1 is 1.30 bits per heavy atom. The summed E-state index contributed by atoms with van der Waals surface area (Å²) in [6.45, 7) is 7.70. The van der Waals surface area contributed by atoms with Gasteiger partial charge in [0.1, 0.15) is 0 Å². The topological polar surface area (TPSA) is 42.0 Å². The van der Waals surface area contributed by atoms with E-state index in [2.05, 4.69) is 11.8 Å². The molecule has 0 aromatic heterocycles. The summed E-state index contributed by atoms with van der Waals surface area (Å²) in [7, 11) is 1.69. The highest BCUT2D eigenvalue weighted by Crippen LogP contribution is 2.24. The van der Waals surface area contributed by atoms with Gasteiger partial charge in [-0.3, -0.25) is 9.69 Å². The van der Waals surface area contributed by atoms with Gasteiger partial charge in [0, 0.05) is 39.3 Å². The molecule has 1 unspecified atom stereocenters. The molecule has 0 bridgehead atoms. The monoisotopic (exact) mass is 324 g/mol. The number of carbonyl (C=O) groups excluding carboxylic acids is 1. The Labute approximate surface area is 137 Å². The van der Waals surface area contributed by atoms with E-state index in [1.165, 1.54) is 6.07 Å². The predicted molar refractivity (Wildman–Crippen MR) is 86.4 cm³/mol. The molecule has 1 aliphatic heterocycles. The molecule has 0 radical (unpaired) electrons. The molecule has 0 N–H and O–H groups in total. The number of hydrogen-bond donors (Lipinski definition) is 0. The number of hydrogen-bond acceptors (Lipinski definition) is 4. The summed E-state index contributed by atoms with van der Waals surface area (Å²) in [5.41, 5.74) is 0.297. The Morgan fingerprint density at radius 2 is 2.00 bits per heavy atom. The van der Waals surface area contributed by atoms with E-state index in [0.717, 1.165) is 13.1 Å². The second kappa shape index (κ2) is 8.26. The number of ether oxygens (including phenoxy) is 2. The first-order valence-electron chi connectivity index (χ1n) is 8.02. The zero-order valence-electron chi connectivity index (χ0n) is 14.0. The van der Waals surface area contributed by atoms with Crippen molar-refractivity contribution in [2.75, 3.05) is 46.5 Å². The summed E-state index contributed by atoms with van der Waals surface area (Å²) in [6, 6.07) is 4.80. The van der Waals surface area contributed by atoms with Gasteiger partial charge in [0.2, 0.25) is 0 Å². The third-order valence-corrected chi connectivity index (χ3v) is 4.12. The van der Waals surface area contributed by atoms with Gasteiger partial charge in [-0.05, 0) is 26.0 Å². The van der Waals surface area contributed by atoms with E-state index < -0.39 is 5.82 Å².